The van der Waals surface area contributed by atoms with Crippen LogP contribution in [0.2, 0.25) is 0 Å². The molecule has 1 aromatic rings. The zero-order chi connectivity index (χ0) is 18.4. The van der Waals surface area contributed by atoms with Crippen LogP contribution in [0.15, 0.2) is 42.2 Å². The summed E-state index contributed by atoms with van der Waals surface area (Å²) in [6.07, 6.45) is 8.05. The van der Waals surface area contributed by atoms with Gasteiger partial charge in [0.15, 0.2) is 5.83 Å². The van der Waals surface area contributed by atoms with E-state index in [0.29, 0.717) is 25.9 Å². The van der Waals surface area contributed by atoms with Gasteiger partial charge in [-0.1, -0.05) is 37.5 Å². The van der Waals surface area contributed by atoms with Gasteiger partial charge in [0, 0.05) is 24.7 Å². The topological polar surface area (TPSA) is 49.4 Å². The number of likely N-dealkylation sites (tertiary alicyclic amines) is 1. The fourth-order valence-electron chi connectivity index (χ4n) is 3.84. The predicted octanol–water partition coefficient (Wildman–Crippen LogP) is 4.30. The molecular weight excluding hydrogens is 331 g/mol. The van der Waals surface area contributed by atoms with Crippen molar-refractivity contribution in [3.8, 4) is 0 Å². The normalized spacial score (nSPS) is 20.0. The van der Waals surface area contributed by atoms with Gasteiger partial charge in [0.05, 0.1) is 0 Å². The minimum atomic E-state index is -0.621. The standard InChI is InChI=1S/C21H27FN2O2/c22-19(15-16-7-3-1-4-8-16)21(26)24-13-11-17(12-14-24)20(25)23-18-9-5-2-6-10-18/h2,5-6,9-10,15-17H,1,3-4,7-8,11-14H2,(H,23,25)/b19-15-. The molecule has 0 aromatic heterocycles. The molecule has 0 unspecified atom stereocenters. The number of anilines is 1. The van der Waals surface area contributed by atoms with E-state index >= 15 is 0 Å². The average Bonchev–Trinajstić information content (AvgIpc) is 2.69. The van der Waals surface area contributed by atoms with Crippen LogP contribution in [0.3, 0.4) is 0 Å². The molecular formula is C21H27FN2O2. The van der Waals surface area contributed by atoms with Crippen LogP contribution >= 0.6 is 0 Å². The van der Waals surface area contributed by atoms with Crippen LogP contribution in [0, 0.1) is 11.8 Å². The predicted molar refractivity (Wildman–Crippen MR) is 100 cm³/mol. The average molecular weight is 358 g/mol. The lowest BCUT2D eigenvalue weighted by Crippen LogP contribution is -2.41. The first-order valence-electron chi connectivity index (χ1n) is 9.66. The van der Waals surface area contributed by atoms with Gasteiger partial charge in [0.25, 0.3) is 5.91 Å². The number of piperidine rings is 1. The second kappa shape index (κ2) is 8.97. The molecule has 1 aliphatic heterocycles. The van der Waals surface area contributed by atoms with E-state index in [0.717, 1.165) is 31.4 Å². The van der Waals surface area contributed by atoms with E-state index in [1.165, 1.54) is 12.5 Å². The first-order valence-corrected chi connectivity index (χ1v) is 9.66. The first kappa shape index (κ1) is 18.6. The number of hydrogen-bond acceptors (Lipinski definition) is 2. The summed E-state index contributed by atoms with van der Waals surface area (Å²) in [7, 11) is 0. The molecule has 0 bridgehead atoms. The van der Waals surface area contributed by atoms with Crippen molar-refractivity contribution in [2.45, 2.75) is 44.9 Å². The summed E-state index contributed by atoms with van der Waals surface area (Å²) in [5.41, 5.74) is 0.775. The highest BCUT2D eigenvalue weighted by Gasteiger charge is 2.29. The molecule has 0 atom stereocenters. The van der Waals surface area contributed by atoms with Gasteiger partial charge in [-0.2, -0.15) is 0 Å². The Bertz CT molecular complexity index is 645. The maximum Gasteiger partial charge on any atom is 0.282 e. The molecule has 5 heteroatoms. The molecule has 4 nitrogen and oxygen atoms in total. The Morgan fingerprint density at radius 2 is 1.65 bits per heavy atom. The van der Waals surface area contributed by atoms with Gasteiger partial charge in [-0.05, 0) is 49.8 Å². The quantitative estimate of drug-likeness (QED) is 0.816. The van der Waals surface area contributed by atoms with Crippen LogP contribution in [0.4, 0.5) is 10.1 Å². The summed E-state index contributed by atoms with van der Waals surface area (Å²) in [5.74, 6) is -1.10. The van der Waals surface area contributed by atoms with Gasteiger partial charge in [-0.25, -0.2) is 4.39 Å². The van der Waals surface area contributed by atoms with Gasteiger partial charge < -0.3 is 10.2 Å². The Morgan fingerprint density at radius 3 is 2.31 bits per heavy atom. The first-order chi connectivity index (χ1) is 12.6. The van der Waals surface area contributed by atoms with Gasteiger partial charge in [0.2, 0.25) is 5.91 Å². The Kier molecular flexibility index (Phi) is 6.42. The van der Waals surface area contributed by atoms with Crippen molar-refractivity contribution in [3.63, 3.8) is 0 Å². The molecule has 0 radical (unpaired) electrons. The Hall–Kier alpha value is -2.17. The summed E-state index contributed by atoms with van der Waals surface area (Å²) >= 11 is 0. The molecule has 1 heterocycles. The number of carbonyl (C=O) groups is 2. The van der Waals surface area contributed by atoms with Crippen LogP contribution in [0.25, 0.3) is 0 Å². The SMILES string of the molecule is O=C(Nc1ccccc1)C1CCN(C(=O)/C(F)=C/C2CCCCC2)CC1. The lowest BCUT2D eigenvalue weighted by Gasteiger charge is -2.31. The number of amides is 2. The van der Waals surface area contributed by atoms with Crippen molar-refractivity contribution in [2.75, 3.05) is 18.4 Å². The van der Waals surface area contributed by atoms with Gasteiger partial charge in [0.1, 0.15) is 0 Å². The van der Waals surface area contributed by atoms with Gasteiger partial charge in [-0.3, -0.25) is 9.59 Å². The van der Waals surface area contributed by atoms with E-state index in [4.69, 9.17) is 0 Å². The minimum absolute atomic E-state index is 0.0264. The summed E-state index contributed by atoms with van der Waals surface area (Å²) in [4.78, 5) is 26.2. The third kappa shape index (κ3) is 4.93. The number of hydrogen-bond donors (Lipinski definition) is 1. The molecule has 140 valence electrons. The van der Waals surface area contributed by atoms with Crippen molar-refractivity contribution in [2.24, 2.45) is 11.8 Å². The number of nitrogens with zero attached hydrogens (tertiary/aromatic N) is 1. The van der Waals surface area contributed by atoms with Crippen LogP contribution in [-0.4, -0.2) is 29.8 Å². The second-order valence-electron chi connectivity index (χ2n) is 7.33. The van der Waals surface area contributed by atoms with E-state index in [9.17, 15) is 14.0 Å². The molecule has 1 saturated heterocycles. The van der Waals surface area contributed by atoms with E-state index in [-0.39, 0.29) is 17.7 Å². The van der Waals surface area contributed by atoms with Crippen molar-refractivity contribution in [1.82, 2.24) is 4.90 Å². The van der Waals surface area contributed by atoms with E-state index < -0.39 is 11.7 Å². The van der Waals surface area contributed by atoms with Crippen molar-refractivity contribution < 1.29 is 14.0 Å². The number of benzene rings is 1. The van der Waals surface area contributed by atoms with Crippen molar-refractivity contribution in [3.05, 3.63) is 42.2 Å². The van der Waals surface area contributed by atoms with Gasteiger partial charge >= 0.3 is 0 Å². The Balaban J connectivity index is 1.48. The van der Waals surface area contributed by atoms with Gasteiger partial charge in [-0.15, -0.1) is 0 Å². The highest BCUT2D eigenvalue weighted by atomic mass is 19.1. The number of para-hydroxylation sites is 1. The zero-order valence-electron chi connectivity index (χ0n) is 15.1. The Morgan fingerprint density at radius 1 is 1.00 bits per heavy atom. The molecule has 2 fully saturated rings. The van der Waals surface area contributed by atoms with Crippen LogP contribution in [-0.2, 0) is 9.59 Å². The lowest BCUT2D eigenvalue weighted by atomic mass is 9.89. The molecule has 0 spiro atoms. The highest BCUT2D eigenvalue weighted by molar-refractivity contribution is 5.93. The number of carbonyl (C=O) groups excluding carboxylic acids is 2. The molecule has 26 heavy (non-hydrogen) atoms. The van der Waals surface area contributed by atoms with E-state index in [1.54, 1.807) is 4.90 Å². The molecule has 2 aliphatic rings. The number of halogens is 1. The van der Waals surface area contributed by atoms with Crippen LogP contribution in [0.5, 0.6) is 0 Å². The maximum atomic E-state index is 14.3. The summed E-state index contributed by atoms with van der Waals surface area (Å²) in [6.45, 7) is 0.856. The zero-order valence-corrected chi connectivity index (χ0v) is 15.1. The fourth-order valence-corrected chi connectivity index (χ4v) is 3.84. The van der Waals surface area contributed by atoms with E-state index in [1.807, 2.05) is 30.3 Å². The monoisotopic (exact) mass is 358 g/mol. The van der Waals surface area contributed by atoms with E-state index in [2.05, 4.69) is 5.32 Å². The molecule has 2 amide bonds. The second-order valence-corrected chi connectivity index (χ2v) is 7.33. The molecule has 1 N–H and O–H groups in total. The highest BCUT2D eigenvalue weighted by Crippen LogP contribution is 2.27. The number of allylic oxidation sites excluding steroid dienone is 1. The Labute approximate surface area is 154 Å². The maximum absolute atomic E-state index is 14.3. The number of rotatable bonds is 4. The largest absolute Gasteiger partial charge is 0.337 e. The van der Waals surface area contributed by atoms with Crippen LogP contribution in [0.1, 0.15) is 44.9 Å². The smallest absolute Gasteiger partial charge is 0.282 e. The summed E-state index contributed by atoms with van der Waals surface area (Å²) < 4.78 is 14.3. The molecule has 3 rings (SSSR count). The fraction of sp³-hybridized carbons (Fsp3) is 0.524. The van der Waals surface area contributed by atoms with Crippen molar-refractivity contribution in [1.29, 1.82) is 0 Å². The third-order valence-electron chi connectivity index (χ3n) is 5.43. The number of nitrogens with one attached hydrogen (secondary N) is 1. The summed E-state index contributed by atoms with van der Waals surface area (Å²) in [6, 6.07) is 9.34. The molecule has 1 saturated carbocycles. The molecule has 1 aliphatic carbocycles. The molecule has 1 aromatic carbocycles. The minimum Gasteiger partial charge on any atom is -0.337 e. The summed E-state index contributed by atoms with van der Waals surface area (Å²) in [5, 5.41) is 2.90. The van der Waals surface area contributed by atoms with Crippen LogP contribution < -0.4 is 5.32 Å². The third-order valence-corrected chi connectivity index (χ3v) is 5.43. The lowest BCUT2D eigenvalue weighted by molar-refractivity contribution is -0.132. The van der Waals surface area contributed by atoms with Crippen molar-refractivity contribution >= 4 is 17.5 Å².